The van der Waals surface area contributed by atoms with E-state index in [2.05, 4.69) is 19.9 Å². The lowest BCUT2D eigenvalue weighted by atomic mass is 10.0. The van der Waals surface area contributed by atoms with Crippen molar-refractivity contribution in [2.75, 3.05) is 11.4 Å². The zero-order chi connectivity index (χ0) is 11.7. The van der Waals surface area contributed by atoms with E-state index in [0.717, 1.165) is 5.69 Å². The van der Waals surface area contributed by atoms with Gasteiger partial charge in [-0.1, -0.05) is 32.0 Å². The van der Waals surface area contributed by atoms with E-state index in [0.29, 0.717) is 18.9 Å². The lowest BCUT2D eigenvalue weighted by Gasteiger charge is -2.21. The minimum absolute atomic E-state index is 0.0484. The number of hydrogen-bond donors (Lipinski definition) is 0. The average molecular weight is 238 g/mol. The second kappa shape index (κ2) is 4.46. The number of halogens is 1. The summed E-state index contributed by atoms with van der Waals surface area (Å²) in [5.41, 5.74) is 2.23. The predicted molar refractivity (Wildman–Crippen MR) is 67.1 cm³/mol. The molecule has 1 saturated heterocycles. The zero-order valence-corrected chi connectivity index (χ0v) is 10.4. The maximum absolute atomic E-state index is 11.8. The molecule has 3 heteroatoms. The summed E-state index contributed by atoms with van der Waals surface area (Å²) < 4.78 is 0. The molecule has 1 aliphatic rings. The van der Waals surface area contributed by atoms with Gasteiger partial charge >= 0.3 is 0 Å². The molecule has 0 spiro atoms. The molecule has 0 aliphatic carbocycles. The molecule has 1 unspecified atom stereocenters. The number of hydrogen-bond acceptors (Lipinski definition) is 1. The maximum Gasteiger partial charge on any atom is 0.228 e. The molecule has 1 fully saturated rings. The normalized spacial score (nSPS) is 20.9. The molecule has 1 amide bonds. The smallest absolute Gasteiger partial charge is 0.228 e. The third-order valence-corrected chi connectivity index (χ3v) is 3.22. The van der Waals surface area contributed by atoms with Crippen LogP contribution in [0.4, 0.5) is 5.69 Å². The van der Waals surface area contributed by atoms with Crippen molar-refractivity contribution < 1.29 is 4.79 Å². The Balaban J connectivity index is 2.36. The molecule has 1 aromatic rings. The summed E-state index contributed by atoms with van der Waals surface area (Å²) in [5.74, 6) is 0.548. The number of nitrogens with zero attached hydrogens (tertiary/aromatic N) is 1. The molecule has 1 aliphatic heterocycles. The molecule has 0 radical (unpaired) electrons. The van der Waals surface area contributed by atoms with Crippen molar-refractivity contribution in [1.29, 1.82) is 0 Å². The molecule has 0 bridgehead atoms. The van der Waals surface area contributed by atoms with Crippen molar-refractivity contribution >= 4 is 23.2 Å². The Morgan fingerprint density at radius 3 is 2.62 bits per heavy atom. The Labute approximate surface area is 101 Å². The van der Waals surface area contributed by atoms with Crippen molar-refractivity contribution in [2.45, 2.75) is 31.6 Å². The summed E-state index contributed by atoms with van der Waals surface area (Å²) in [6.07, 6.45) is 0.452. The SMILES string of the molecule is CC(C)c1ccccc1N1CC(Cl)CC1=O. The van der Waals surface area contributed by atoms with Gasteiger partial charge in [0.15, 0.2) is 0 Å². The first-order valence-electron chi connectivity index (χ1n) is 5.63. The van der Waals surface area contributed by atoms with Gasteiger partial charge in [-0.15, -0.1) is 11.6 Å². The van der Waals surface area contributed by atoms with Crippen molar-refractivity contribution in [3.8, 4) is 0 Å². The second-order valence-electron chi connectivity index (χ2n) is 4.52. The van der Waals surface area contributed by atoms with Crippen LogP contribution in [-0.2, 0) is 4.79 Å². The minimum atomic E-state index is -0.0484. The first-order valence-corrected chi connectivity index (χ1v) is 6.06. The highest BCUT2D eigenvalue weighted by Gasteiger charge is 2.30. The van der Waals surface area contributed by atoms with Gasteiger partial charge in [-0.2, -0.15) is 0 Å². The van der Waals surface area contributed by atoms with E-state index < -0.39 is 0 Å². The topological polar surface area (TPSA) is 20.3 Å². The molecule has 2 rings (SSSR count). The number of anilines is 1. The molecular weight excluding hydrogens is 222 g/mol. The molecule has 0 N–H and O–H groups in total. The van der Waals surface area contributed by atoms with Crippen LogP contribution in [0, 0.1) is 0 Å². The van der Waals surface area contributed by atoms with Crippen molar-refractivity contribution in [3.05, 3.63) is 29.8 Å². The summed E-state index contributed by atoms with van der Waals surface area (Å²) in [6.45, 7) is 4.90. The summed E-state index contributed by atoms with van der Waals surface area (Å²) in [6, 6.07) is 8.06. The summed E-state index contributed by atoms with van der Waals surface area (Å²) in [5, 5.41) is -0.0484. The van der Waals surface area contributed by atoms with Crippen molar-refractivity contribution in [1.82, 2.24) is 0 Å². The second-order valence-corrected chi connectivity index (χ2v) is 5.14. The Bertz CT molecular complexity index is 403. The highest BCUT2D eigenvalue weighted by atomic mass is 35.5. The van der Waals surface area contributed by atoms with Gasteiger partial charge in [0, 0.05) is 18.7 Å². The van der Waals surface area contributed by atoms with E-state index in [1.54, 1.807) is 0 Å². The first-order chi connectivity index (χ1) is 7.59. The lowest BCUT2D eigenvalue weighted by Crippen LogP contribution is -2.25. The molecule has 16 heavy (non-hydrogen) atoms. The third-order valence-electron chi connectivity index (χ3n) is 2.93. The number of amides is 1. The van der Waals surface area contributed by atoms with Gasteiger partial charge in [0.2, 0.25) is 5.91 Å². The van der Waals surface area contributed by atoms with Gasteiger partial charge in [-0.05, 0) is 17.5 Å². The van der Waals surface area contributed by atoms with Crippen LogP contribution >= 0.6 is 11.6 Å². The maximum atomic E-state index is 11.8. The molecule has 2 nitrogen and oxygen atoms in total. The highest BCUT2D eigenvalue weighted by molar-refractivity contribution is 6.24. The molecular formula is C13H16ClNO. The summed E-state index contributed by atoms with van der Waals surface area (Å²) in [4.78, 5) is 13.6. The predicted octanol–water partition coefficient (Wildman–Crippen LogP) is 3.15. The largest absolute Gasteiger partial charge is 0.311 e. The van der Waals surface area contributed by atoms with Crippen LogP contribution in [0.3, 0.4) is 0 Å². The molecule has 0 saturated carbocycles. The Morgan fingerprint density at radius 1 is 1.38 bits per heavy atom. The zero-order valence-electron chi connectivity index (χ0n) is 9.61. The molecule has 86 valence electrons. The summed E-state index contributed by atoms with van der Waals surface area (Å²) >= 11 is 6.02. The number of carbonyl (C=O) groups is 1. The quantitative estimate of drug-likeness (QED) is 0.724. The van der Waals surface area contributed by atoms with E-state index in [1.807, 2.05) is 23.1 Å². The fourth-order valence-electron chi connectivity index (χ4n) is 2.12. The van der Waals surface area contributed by atoms with Gasteiger partial charge in [-0.3, -0.25) is 4.79 Å². The fraction of sp³-hybridized carbons (Fsp3) is 0.462. The van der Waals surface area contributed by atoms with Gasteiger partial charge in [0.1, 0.15) is 0 Å². The minimum Gasteiger partial charge on any atom is -0.311 e. The number of rotatable bonds is 2. The van der Waals surface area contributed by atoms with Crippen LogP contribution in [0.25, 0.3) is 0 Å². The van der Waals surface area contributed by atoms with Crippen molar-refractivity contribution in [3.63, 3.8) is 0 Å². The van der Waals surface area contributed by atoms with Gasteiger partial charge in [0.25, 0.3) is 0 Å². The van der Waals surface area contributed by atoms with E-state index >= 15 is 0 Å². The number of alkyl halides is 1. The first kappa shape index (κ1) is 11.5. The summed E-state index contributed by atoms with van der Waals surface area (Å²) in [7, 11) is 0. The van der Waals surface area contributed by atoms with Crippen LogP contribution in [0.5, 0.6) is 0 Å². The fourth-order valence-corrected chi connectivity index (χ4v) is 2.39. The van der Waals surface area contributed by atoms with E-state index in [1.165, 1.54) is 5.56 Å². The van der Waals surface area contributed by atoms with Gasteiger partial charge in [-0.25, -0.2) is 0 Å². The van der Waals surface area contributed by atoms with Crippen molar-refractivity contribution in [2.24, 2.45) is 0 Å². The molecule has 0 aromatic heterocycles. The van der Waals surface area contributed by atoms with Gasteiger partial charge < -0.3 is 4.90 Å². The lowest BCUT2D eigenvalue weighted by molar-refractivity contribution is -0.117. The van der Waals surface area contributed by atoms with Crippen LogP contribution in [0.1, 0.15) is 31.7 Å². The Morgan fingerprint density at radius 2 is 2.06 bits per heavy atom. The molecule has 1 aromatic carbocycles. The third kappa shape index (κ3) is 2.07. The average Bonchev–Trinajstić information content (AvgIpc) is 2.57. The van der Waals surface area contributed by atoms with Gasteiger partial charge in [0.05, 0.1) is 5.38 Å². The Hall–Kier alpha value is -1.02. The van der Waals surface area contributed by atoms with E-state index in [4.69, 9.17) is 11.6 Å². The molecule has 1 atom stereocenters. The van der Waals surface area contributed by atoms with E-state index in [-0.39, 0.29) is 11.3 Å². The Kier molecular flexibility index (Phi) is 3.20. The van der Waals surface area contributed by atoms with Crippen LogP contribution in [-0.4, -0.2) is 17.8 Å². The monoisotopic (exact) mass is 237 g/mol. The highest BCUT2D eigenvalue weighted by Crippen LogP contribution is 2.31. The number of para-hydroxylation sites is 1. The van der Waals surface area contributed by atoms with E-state index in [9.17, 15) is 4.79 Å². The number of carbonyl (C=O) groups excluding carboxylic acids is 1. The van der Waals surface area contributed by atoms with Crippen LogP contribution in [0.15, 0.2) is 24.3 Å². The molecule has 1 heterocycles. The van der Waals surface area contributed by atoms with Crippen LogP contribution < -0.4 is 4.90 Å². The standard InChI is InChI=1S/C13H16ClNO/c1-9(2)11-5-3-4-6-12(11)15-8-10(14)7-13(15)16/h3-6,9-10H,7-8H2,1-2H3. The van der Waals surface area contributed by atoms with Crippen LogP contribution in [0.2, 0.25) is 0 Å². The number of benzene rings is 1.